The third kappa shape index (κ3) is 3.30. The third-order valence-electron chi connectivity index (χ3n) is 3.27. The predicted molar refractivity (Wildman–Crippen MR) is 78.0 cm³/mol. The first-order valence-corrected chi connectivity index (χ1v) is 6.60. The van der Waals surface area contributed by atoms with Gasteiger partial charge in [-0.05, 0) is 37.7 Å². The summed E-state index contributed by atoms with van der Waals surface area (Å²) in [5.74, 6) is 1.46. The second-order valence-corrected chi connectivity index (χ2v) is 4.69. The van der Waals surface area contributed by atoms with Gasteiger partial charge in [0.2, 0.25) is 0 Å². The molecule has 1 heterocycles. The standard InChI is InChI=1S/C15H21N3O2/c1-11(16-2)12-5-6-14(15(9-12)19-4)20-10-13-7-8-18(3)17-13/h5-9,11,16H,10H2,1-4H3. The van der Waals surface area contributed by atoms with E-state index in [1.54, 1.807) is 11.8 Å². The molecule has 0 amide bonds. The van der Waals surface area contributed by atoms with E-state index < -0.39 is 0 Å². The Bertz CT molecular complexity index is 566. The fourth-order valence-corrected chi connectivity index (χ4v) is 1.93. The van der Waals surface area contributed by atoms with Crippen molar-refractivity contribution in [2.24, 2.45) is 7.05 Å². The van der Waals surface area contributed by atoms with Gasteiger partial charge in [-0.15, -0.1) is 0 Å². The molecule has 0 saturated heterocycles. The smallest absolute Gasteiger partial charge is 0.161 e. The summed E-state index contributed by atoms with van der Waals surface area (Å²) < 4.78 is 12.9. The van der Waals surface area contributed by atoms with Gasteiger partial charge in [0.05, 0.1) is 12.8 Å². The minimum absolute atomic E-state index is 0.272. The number of hydrogen-bond donors (Lipinski definition) is 1. The third-order valence-corrected chi connectivity index (χ3v) is 3.27. The van der Waals surface area contributed by atoms with Crippen molar-refractivity contribution in [1.82, 2.24) is 15.1 Å². The van der Waals surface area contributed by atoms with Gasteiger partial charge in [0, 0.05) is 19.3 Å². The maximum atomic E-state index is 5.77. The molecule has 0 saturated carbocycles. The van der Waals surface area contributed by atoms with Gasteiger partial charge in [-0.2, -0.15) is 5.10 Å². The summed E-state index contributed by atoms with van der Waals surface area (Å²) in [6.07, 6.45) is 1.90. The molecule has 108 valence electrons. The summed E-state index contributed by atoms with van der Waals surface area (Å²) in [6, 6.07) is 8.18. The van der Waals surface area contributed by atoms with Gasteiger partial charge in [-0.3, -0.25) is 4.68 Å². The minimum atomic E-state index is 0.272. The van der Waals surface area contributed by atoms with Gasteiger partial charge < -0.3 is 14.8 Å². The average Bonchev–Trinajstić information content (AvgIpc) is 2.89. The van der Waals surface area contributed by atoms with Crippen LogP contribution in [0.15, 0.2) is 30.5 Å². The second kappa shape index (κ2) is 6.43. The van der Waals surface area contributed by atoms with Crippen LogP contribution in [0.5, 0.6) is 11.5 Å². The van der Waals surface area contributed by atoms with E-state index >= 15 is 0 Å². The topological polar surface area (TPSA) is 48.3 Å². The molecule has 5 nitrogen and oxygen atoms in total. The first kappa shape index (κ1) is 14.4. The lowest BCUT2D eigenvalue weighted by Gasteiger charge is -2.15. The normalized spacial score (nSPS) is 12.2. The summed E-state index contributed by atoms with van der Waals surface area (Å²) in [5, 5.41) is 7.48. The summed E-state index contributed by atoms with van der Waals surface area (Å²) in [6.45, 7) is 2.53. The largest absolute Gasteiger partial charge is 0.493 e. The van der Waals surface area contributed by atoms with Crippen LogP contribution in [0.3, 0.4) is 0 Å². The molecular formula is C15H21N3O2. The van der Waals surface area contributed by atoms with Gasteiger partial charge in [0.25, 0.3) is 0 Å². The second-order valence-electron chi connectivity index (χ2n) is 4.69. The fourth-order valence-electron chi connectivity index (χ4n) is 1.93. The molecule has 1 N–H and O–H groups in total. The number of aryl methyl sites for hydroxylation is 1. The first-order chi connectivity index (χ1) is 9.63. The highest BCUT2D eigenvalue weighted by Crippen LogP contribution is 2.30. The molecule has 0 fully saturated rings. The Morgan fingerprint density at radius 2 is 2.10 bits per heavy atom. The molecular weight excluding hydrogens is 254 g/mol. The molecule has 2 rings (SSSR count). The highest BCUT2D eigenvalue weighted by atomic mass is 16.5. The van der Waals surface area contributed by atoms with Crippen LogP contribution in [0, 0.1) is 0 Å². The molecule has 20 heavy (non-hydrogen) atoms. The van der Waals surface area contributed by atoms with Gasteiger partial charge >= 0.3 is 0 Å². The van der Waals surface area contributed by atoms with E-state index in [0.29, 0.717) is 6.61 Å². The van der Waals surface area contributed by atoms with Crippen molar-refractivity contribution in [3.8, 4) is 11.5 Å². The highest BCUT2D eigenvalue weighted by Gasteiger charge is 2.10. The molecule has 1 aromatic heterocycles. The molecule has 1 aromatic carbocycles. The maximum absolute atomic E-state index is 5.77. The highest BCUT2D eigenvalue weighted by molar-refractivity contribution is 5.43. The number of methoxy groups -OCH3 is 1. The van der Waals surface area contributed by atoms with E-state index in [1.165, 1.54) is 0 Å². The van der Waals surface area contributed by atoms with Gasteiger partial charge in [-0.1, -0.05) is 6.07 Å². The van der Waals surface area contributed by atoms with Crippen LogP contribution in [-0.4, -0.2) is 23.9 Å². The zero-order valence-electron chi connectivity index (χ0n) is 12.4. The average molecular weight is 275 g/mol. The SMILES string of the molecule is CNC(C)c1ccc(OCc2ccn(C)n2)c(OC)c1. The Hall–Kier alpha value is -2.01. The van der Waals surface area contributed by atoms with Crippen molar-refractivity contribution in [2.75, 3.05) is 14.2 Å². The quantitative estimate of drug-likeness (QED) is 0.878. The summed E-state index contributed by atoms with van der Waals surface area (Å²) in [5.41, 5.74) is 2.05. The maximum Gasteiger partial charge on any atom is 0.161 e. The molecule has 2 aromatic rings. The molecule has 1 unspecified atom stereocenters. The lowest BCUT2D eigenvalue weighted by Crippen LogP contribution is -2.12. The number of nitrogens with zero attached hydrogens (tertiary/aromatic N) is 2. The lowest BCUT2D eigenvalue weighted by molar-refractivity contribution is 0.279. The molecule has 1 atom stereocenters. The molecule has 0 bridgehead atoms. The van der Waals surface area contributed by atoms with Crippen LogP contribution < -0.4 is 14.8 Å². The monoisotopic (exact) mass is 275 g/mol. The summed E-state index contributed by atoms with van der Waals surface area (Å²) >= 11 is 0. The number of rotatable bonds is 6. The van der Waals surface area contributed by atoms with E-state index in [-0.39, 0.29) is 6.04 Å². The Labute approximate surface area is 119 Å². The van der Waals surface area contributed by atoms with Crippen LogP contribution in [0.2, 0.25) is 0 Å². The van der Waals surface area contributed by atoms with Crippen molar-refractivity contribution < 1.29 is 9.47 Å². The Kier molecular flexibility index (Phi) is 4.63. The molecule has 5 heteroatoms. The van der Waals surface area contributed by atoms with E-state index in [2.05, 4.69) is 17.3 Å². The Morgan fingerprint density at radius 1 is 1.30 bits per heavy atom. The van der Waals surface area contributed by atoms with Crippen LogP contribution >= 0.6 is 0 Å². The number of ether oxygens (including phenoxy) is 2. The summed E-state index contributed by atoms with van der Waals surface area (Å²) in [4.78, 5) is 0. The summed E-state index contributed by atoms with van der Waals surface area (Å²) in [7, 11) is 5.47. The molecule has 0 aliphatic heterocycles. The molecule has 0 aliphatic rings. The zero-order valence-corrected chi connectivity index (χ0v) is 12.4. The van der Waals surface area contributed by atoms with Crippen molar-refractivity contribution in [3.63, 3.8) is 0 Å². The van der Waals surface area contributed by atoms with Crippen LogP contribution in [0.1, 0.15) is 24.2 Å². The minimum Gasteiger partial charge on any atom is -0.493 e. The number of hydrogen-bond acceptors (Lipinski definition) is 4. The fraction of sp³-hybridized carbons (Fsp3) is 0.400. The molecule has 0 spiro atoms. The van der Waals surface area contributed by atoms with E-state index in [4.69, 9.17) is 9.47 Å². The lowest BCUT2D eigenvalue weighted by atomic mass is 10.1. The van der Waals surface area contributed by atoms with Crippen molar-refractivity contribution in [1.29, 1.82) is 0 Å². The zero-order chi connectivity index (χ0) is 14.5. The van der Waals surface area contributed by atoms with Crippen molar-refractivity contribution in [2.45, 2.75) is 19.6 Å². The van der Waals surface area contributed by atoms with E-state index in [1.807, 2.05) is 44.6 Å². The first-order valence-electron chi connectivity index (χ1n) is 6.60. The Morgan fingerprint density at radius 3 is 2.70 bits per heavy atom. The van der Waals surface area contributed by atoms with E-state index in [9.17, 15) is 0 Å². The van der Waals surface area contributed by atoms with Gasteiger partial charge in [0.15, 0.2) is 11.5 Å². The van der Waals surface area contributed by atoms with Gasteiger partial charge in [-0.25, -0.2) is 0 Å². The van der Waals surface area contributed by atoms with Crippen molar-refractivity contribution >= 4 is 0 Å². The van der Waals surface area contributed by atoms with E-state index in [0.717, 1.165) is 22.8 Å². The number of aromatic nitrogens is 2. The van der Waals surface area contributed by atoms with Crippen molar-refractivity contribution in [3.05, 3.63) is 41.7 Å². The number of nitrogens with one attached hydrogen (secondary N) is 1. The molecule has 0 radical (unpaired) electrons. The van der Waals surface area contributed by atoms with Crippen LogP contribution in [-0.2, 0) is 13.7 Å². The van der Waals surface area contributed by atoms with Crippen LogP contribution in [0.25, 0.3) is 0 Å². The molecule has 0 aliphatic carbocycles. The van der Waals surface area contributed by atoms with Crippen LogP contribution in [0.4, 0.5) is 0 Å². The Balaban J connectivity index is 2.11. The van der Waals surface area contributed by atoms with Gasteiger partial charge in [0.1, 0.15) is 6.61 Å². The number of benzene rings is 1. The predicted octanol–water partition coefficient (Wildman–Crippen LogP) is 2.29.